The van der Waals surface area contributed by atoms with Gasteiger partial charge in [-0.3, -0.25) is 34.1 Å². The molecule has 2 saturated heterocycles. The van der Waals surface area contributed by atoms with E-state index >= 15 is 0 Å². The number of hydrogen-bond donors (Lipinski definition) is 2. The average Bonchev–Trinajstić information content (AvgIpc) is 3.90. The number of aromatic carboxylic acids is 1. The standard InChI is InChI=1S/C50H51ClFN7O8/c1-28-43(29(2)55(4)54-28)44-38(51)16-15-35-34(10-7-25-66-40-11-5-8-31-26-32(52)13-14-33(31)40)46(50(64)65)58(45(35)44)24-21-56-19-22-57(23-20-56)48(62)30(3)67-41-12-6-9-36-37(41)27-59(49(36)63)39-17-18-42(60)53-47(39)61/h5-6,8-9,11-16,26,30,39H,7,10,17-25,27H2,1-4H3,(H,64,65)(H,53,60,61)/t30-,39?/m0/s1. The number of benzene rings is 4. The van der Waals surface area contributed by atoms with Gasteiger partial charge in [0.25, 0.3) is 11.8 Å². The Morgan fingerprint density at radius 1 is 0.955 bits per heavy atom. The Balaban J connectivity index is 0.906. The van der Waals surface area contributed by atoms with Crippen molar-refractivity contribution in [3.63, 3.8) is 0 Å². The summed E-state index contributed by atoms with van der Waals surface area (Å²) in [6, 6.07) is 18.1. The molecule has 348 valence electrons. The van der Waals surface area contributed by atoms with Crippen molar-refractivity contribution < 1.29 is 42.9 Å². The minimum Gasteiger partial charge on any atom is -0.493 e. The maximum absolute atomic E-state index is 14.0. The minimum atomic E-state index is -1.06. The molecule has 0 spiro atoms. The normalized spacial score (nSPS) is 17.0. The SMILES string of the molecule is Cc1nn(C)c(C)c1-c1c(Cl)ccc2c(CCCOc3cccc4cc(F)ccc34)c(C(=O)O)n(CCN3CCN(C(=O)[C@H](C)Oc4cccc5c4CN(C4CCC(=O)NC4=O)C5=O)CC3)c12. The molecule has 15 nitrogen and oxygen atoms in total. The summed E-state index contributed by atoms with van der Waals surface area (Å²) in [7, 11) is 1.87. The number of fused-ring (bicyclic) bond motifs is 3. The maximum Gasteiger partial charge on any atom is 0.352 e. The summed E-state index contributed by atoms with van der Waals surface area (Å²) >= 11 is 7.07. The fourth-order valence-electron chi connectivity index (χ4n) is 9.97. The lowest BCUT2D eigenvalue weighted by molar-refractivity contribution is -0.140. The van der Waals surface area contributed by atoms with Gasteiger partial charge in [-0.05, 0) is 93.4 Å². The number of nitrogens with zero attached hydrogens (tertiary/aromatic N) is 6. The highest BCUT2D eigenvalue weighted by molar-refractivity contribution is 6.35. The van der Waals surface area contributed by atoms with Gasteiger partial charge in [-0.2, -0.15) is 5.10 Å². The van der Waals surface area contributed by atoms with Crippen LogP contribution in [-0.4, -0.2) is 115 Å². The molecule has 2 aromatic heterocycles. The molecule has 0 bridgehead atoms. The molecular formula is C50H51ClFN7O8. The fraction of sp³-hybridized carbons (Fsp3) is 0.360. The third-order valence-corrected chi connectivity index (χ3v) is 13.7. The number of aryl methyl sites for hydroxylation is 3. The lowest BCUT2D eigenvalue weighted by atomic mass is 9.98. The van der Waals surface area contributed by atoms with Crippen LogP contribution in [0.4, 0.5) is 4.39 Å². The molecule has 6 aromatic rings. The van der Waals surface area contributed by atoms with E-state index in [4.69, 9.17) is 21.1 Å². The van der Waals surface area contributed by atoms with Crippen LogP contribution >= 0.6 is 11.6 Å². The van der Waals surface area contributed by atoms with Crippen LogP contribution in [0.2, 0.25) is 5.02 Å². The second-order valence-corrected chi connectivity index (χ2v) is 17.9. The summed E-state index contributed by atoms with van der Waals surface area (Å²) in [5.41, 5.74) is 5.77. The molecule has 5 heterocycles. The van der Waals surface area contributed by atoms with Crippen LogP contribution in [-0.2, 0) is 40.9 Å². The summed E-state index contributed by atoms with van der Waals surface area (Å²) in [6.45, 7) is 8.71. The van der Waals surface area contributed by atoms with E-state index in [9.17, 15) is 33.5 Å². The molecule has 0 radical (unpaired) electrons. The monoisotopic (exact) mass is 931 g/mol. The van der Waals surface area contributed by atoms with Gasteiger partial charge in [-0.1, -0.05) is 35.9 Å². The Morgan fingerprint density at radius 2 is 1.70 bits per heavy atom. The van der Waals surface area contributed by atoms with Gasteiger partial charge in [0.1, 0.15) is 29.1 Å². The molecule has 0 saturated carbocycles. The number of piperazine rings is 1. The number of carboxylic acid groups (broad SMARTS) is 1. The molecule has 2 atom stereocenters. The number of halogens is 2. The molecule has 17 heteroatoms. The molecule has 4 aromatic carbocycles. The van der Waals surface area contributed by atoms with Crippen molar-refractivity contribution in [3.05, 3.63) is 111 Å². The third-order valence-electron chi connectivity index (χ3n) is 13.4. The number of rotatable bonds is 14. The van der Waals surface area contributed by atoms with E-state index in [1.807, 2.05) is 55.8 Å². The first-order valence-electron chi connectivity index (χ1n) is 22.5. The third kappa shape index (κ3) is 8.59. The van der Waals surface area contributed by atoms with Crippen molar-refractivity contribution in [2.45, 2.75) is 71.7 Å². The number of imide groups is 1. The van der Waals surface area contributed by atoms with Crippen molar-refractivity contribution in [2.75, 3.05) is 39.3 Å². The van der Waals surface area contributed by atoms with E-state index in [0.717, 1.165) is 38.7 Å². The lowest BCUT2D eigenvalue weighted by Crippen LogP contribution is -2.52. The second-order valence-electron chi connectivity index (χ2n) is 17.5. The highest BCUT2D eigenvalue weighted by Crippen LogP contribution is 2.42. The predicted molar refractivity (Wildman–Crippen MR) is 249 cm³/mol. The average molecular weight is 932 g/mol. The molecule has 2 fully saturated rings. The zero-order valence-electron chi connectivity index (χ0n) is 37.7. The van der Waals surface area contributed by atoms with Crippen molar-refractivity contribution in [3.8, 4) is 22.6 Å². The van der Waals surface area contributed by atoms with Crippen LogP contribution in [0.1, 0.15) is 69.5 Å². The van der Waals surface area contributed by atoms with E-state index in [2.05, 4.69) is 15.3 Å². The van der Waals surface area contributed by atoms with Crippen LogP contribution in [0.5, 0.6) is 11.5 Å². The number of nitrogens with one attached hydrogen (secondary N) is 1. The topological polar surface area (TPSA) is 169 Å². The summed E-state index contributed by atoms with van der Waals surface area (Å²) in [6.07, 6.45) is 0.415. The van der Waals surface area contributed by atoms with Crippen LogP contribution in [0, 0.1) is 19.7 Å². The number of ether oxygens (including phenoxy) is 2. The number of carbonyl (C=O) groups is 5. The van der Waals surface area contributed by atoms with Crippen molar-refractivity contribution in [1.82, 2.24) is 34.4 Å². The predicted octanol–water partition coefficient (Wildman–Crippen LogP) is 6.69. The van der Waals surface area contributed by atoms with Gasteiger partial charge in [0.05, 0.1) is 29.4 Å². The van der Waals surface area contributed by atoms with Crippen molar-refractivity contribution in [1.29, 1.82) is 0 Å². The van der Waals surface area contributed by atoms with E-state index < -0.39 is 24.0 Å². The molecule has 1 unspecified atom stereocenters. The van der Waals surface area contributed by atoms with Crippen LogP contribution in [0.25, 0.3) is 32.8 Å². The van der Waals surface area contributed by atoms with E-state index in [0.29, 0.717) is 97.4 Å². The highest BCUT2D eigenvalue weighted by atomic mass is 35.5. The molecule has 9 rings (SSSR count). The Morgan fingerprint density at radius 3 is 2.43 bits per heavy atom. The van der Waals surface area contributed by atoms with Gasteiger partial charge >= 0.3 is 5.97 Å². The van der Waals surface area contributed by atoms with Crippen molar-refractivity contribution in [2.24, 2.45) is 7.05 Å². The first-order chi connectivity index (χ1) is 32.2. The molecule has 4 amide bonds. The summed E-state index contributed by atoms with van der Waals surface area (Å²) in [5.74, 6) is -1.79. The number of carbonyl (C=O) groups excluding carboxylic acids is 4. The first kappa shape index (κ1) is 45.4. The number of piperidine rings is 1. The van der Waals surface area contributed by atoms with Crippen LogP contribution < -0.4 is 14.8 Å². The molecule has 3 aliphatic heterocycles. The minimum absolute atomic E-state index is 0.123. The number of amides is 4. The summed E-state index contributed by atoms with van der Waals surface area (Å²) in [5, 5.41) is 20.7. The summed E-state index contributed by atoms with van der Waals surface area (Å²) < 4.78 is 30.1. The Kier molecular flexibility index (Phi) is 12.5. The lowest BCUT2D eigenvalue weighted by Gasteiger charge is -2.36. The van der Waals surface area contributed by atoms with Gasteiger partial charge in [0.15, 0.2) is 6.10 Å². The Hall–Kier alpha value is -6.78. The first-order valence-corrected chi connectivity index (χ1v) is 22.9. The smallest absolute Gasteiger partial charge is 0.352 e. The zero-order chi connectivity index (χ0) is 47.3. The summed E-state index contributed by atoms with van der Waals surface area (Å²) in [4.78, 5) is 70.4. The van der Waals surface area contributed by atoms with E-state index in [1.54, 1.807) is 40.8 Å². The molecule has 67 heavy (non-hydrogen) atoms. The van der Waals surface area contributed by atoms with E-state index in [1.165, 1.54) is 17.0 Å². The number of aromatic nitrogens is 3. The van der Waals surface area contributed by atoms with Gasteiger partial charge in [0.2, 0.25) is 11.8 Å². The Bertz CT molecular complexity index is 2990. The van der Waals surface area contributed by atoms with Gasteiger partial charge in [0, 0.05) is 91.5 Å². The molecule has 2 N–H and O–H groups in total. The molecule has 3 aliphatic rings. The van der Waals surface area contributed by atoms with Gasteiger partial charge < -0.3 is 28.9 Å². The van der Waals surface area contributed by atoms with Crippen LogP contribution in [0.15, 0.2) is 66.7 Å². The molecular weight excluding hydrogens is 881 g/mol. The van der Waals surface area contributed by atoms with E-state index in [-0.39, 0.29) is 48.6 Å². The zero-order valence-corrected chi connectivity index (χ0v) is 38.5. The van der Waals surface area contributed by atoms with Gasteiger partial charge in [-0.15, -0.1) is 0 Å². The van der Waals surface area contributed by atoms with Crippen molar-refractivity contribution >= 4 is 62.9 Å². The molecule has 0 aliphatic carbocycles. The number of hydrogen-bond acceptors (Lipinski definition) is 9. The van der Waals surface area contributed by atoms with Crippen LogP contribution in [0.3, 0.4) is 0 Å². The quantitative estimate of drug-likeness (QED) is 0.0888. The fourth-order valence-corrected chi connectivity index (χ4v) is 10.2. The second kappa shape index (κ2) is 18.5. The largest absolute Gasteiger partial charge is 0.493 e. The maximum atomic E-state index is 14.0. The Labute approximate surface area is 390 Å². The number of carboxylic acids is 1. The highest BCUT2D eigenvalue weighted by Gasteiger charge is 2.41. The van der Waals surface area contributed by atoms with Gasteiger partial charge in [-0.25, -0.2) is 9.18 Å².